The molecule has 0 fully saturated rings. The van der Waals surface area contributed by atoms with E-state index in [1.165, 1.54) is 16.4 Å². The Kier molecular flexibility index (Phi) is 7.57. The summed E-state index contributed by atoms with van der Waals surface area (Å²) in [4.78, 5) is 53.2. The van der Waals surface area contributed by atoms with Gasteiger partial charge >= 0.3 is 5.69 Å². The molecular formula is C21H29N5O4. The molecule has 0 unspecified atom stereocenters. The van der Waals surface area contributed by atoms with Crippen LogP contribution in [0.15, 0.2) is 27.8 Å². The Morgan fingerprint density at radius 3 is 2.50 bits per heavy atom. The van der Waals surface area contributed by atoms with Gasteiger partial charge in [0.15, 0.2) is 5.69 Å². The van der Waals surface area contributed by atoms with E-state index in [4.69, 9.17) is 5.73 Å². The second-order valence-electron chi connectivity index (χ2n) is 7.17. The first-order valence-corrected chi connectivity index (χ1v) is 10.0. The lowest BCUT2D eigenvalue weighted by Crippen LogP contribution is -2.41. The van der Waals surface area contributed by atoms with Crippen LogP contribution in [0, 0.1) is 6.92 Å². The fourth-order valence-electron chi connectivity index (χ4n) is 3.15. The number of aryl methyl sites for hydroxylation is 1. The highest BCUT2D eigenvalue weighted by atomic mass is 16.2. The minimum absolute atomic E-state index is 0.0377. The molecule has 30 heavy (non-hydrogen) atoms. The number of nitrogen functional groups attached to an aromatic ring is 1. The van der Waals surface area contributed by atoms with Crippen molar-refractivity contribution in [2.24, 2.45) is 0 Å². The number of carbonyl (C=O) groups excluding carboxylic acids is 2. The standard InChI is InChI=1S/C21H29N5O4/c1-5-7-11-25(17-18(22)26(10-6-2)21(30)24-19(17)28)20(29)15-9-8-13(3)16(12-15)23-14(4)27/h8-9,12H,5-7,10-11,22H2,1-4H3,(H,23,27)(H,24,28,30). The molecule has 0 saturated heterocycles. The van der Waals surface area contributed by atoms with Crippen molar-refractivity contribution < 1.29 is 9.59 Å². The SMILES string of the molecule is CCCCN(C(=O)c1ccc(C)c(NC(C)=O)c1)c1c(N)n(CCC)c(=O)[nH]c1=O. The second-order valence-corrected chi connectivity index (χ2v) is 7.17. The van der Waals surface area contributed by atoms with E-state index >= 15 is 0 Å². The van der Waals surface area contributed by atoms with Crippen molar-refractivity contribution >= 4 is 29.0 Å². The highest BCUT2D eigenvalue weighted by Gasteiger charge is 2.25. The summed E-state index contributed by atoms with van der Waals surface area (Å²) in [6.07, 6.45) is 2.07. The summed E-state index contributed by atoms with van der Waals surface area (Å²) < 4.78 is 1.26. The molecule has 9 heteroatoms. The van der Waals surface area contributed by atoms with E-state index in [0.29, 0.717) is 30.6 Å². The summed E-state index contributed by atoms with van der Waals surface area (Å²) in [6, 6.07) is 4.93. The number of carbonyl (C=O) groups is 2. The van der Waals surface area contributed by atoms with E-state index in [1.54, 1.807) is 18.2 Å². The molecule has 0 aliphatic carbocycles. The van der Waals surface area contributed by atoms with Gasteiger partial charge in [0.1, 0.15) is 5.82 Å². The molecule has 162 valence electrons. The zero-order valence-corrected chi connectivity index (χ0v) is 17.9. The fourth-order valence-corrected chi connectivity index (χ4v) is 3.15. The lowest BCUT2D eigenvalue weighted by Gasteiger charge is -2.25. The predicted octanol–water partition coefficient (Wildman–Crippen LogP) is 2.24. The average molecular weight is 415 g/mol. The van der Waals surface area contributed by atoms with Gasteiger partial charge in [-0.2, -0.15) is 0 Å². The number of benzene rings is 1. The third-order valence-corrected chi connectivity index (χ3v) is 4.71. The van der Waals surface area contributed by atoms with Crippen molar-refractivity contribution in [1.29, 1.82) is 0 Å². The smallest absolute Gasteiger partial charge is 0.330 e. The first-order chi connectivity index (χ1) is 14.2. The van der Waals surface area contributed by atoms with E-state index in [-0.39, 0.29) is 24.0 Å². The van der Waals surface area contributed by atoms with Crippen LogP contribution in [0.25, 0.3) is 0 Å². The summed E-state index contributed by atoms with van der Waals surface area (Å²) in [7, 11) is 0. The number of rotatable bonds is 8. The van der Waals surface area contributed by atoms with Crippen LogP contribution in [0.5, 0.6) is 0 Å². The Labute approximate surface area is 174 Å². The maximum atomic E-state index is 13.4. The third-order valence-electron chi connectivity index (χ3n) is 4.71. The molecule has 0 aliphatic heterocycles. The Balaban J connectivity index is 2.60. The van der Waals surface area contributed by atoms with Gasteiger partial charge in [-0.25, -0.2) is 4.79 Å². The molecule has 2 amide bonds. The molecule has 4 N–H and O–H groups in total. The highest BCUT2D eigenvalue weighted by molar-refractivity contribution is 6.08. The van der Waals surface area contributed by atoms with E-state index in [1.807, 2.05) is 20.8 Å². The van der Waals surface area contributed by atoms with Gasteiger partial charge in [0.25, 0.3) is 11.5 Å². The first-order valence-electron chi connectivity index (χ1n) is 10.0. The molecule has 1 aromatic heterocycles. The largest absolute Gasteiger partial charge is 0.383 e. The Morgan fingerprint density at radius 2 is 1.90 bits per heavy atom. The summed E-state index contributed by atoms with van der Waals surface area (Å²) >= 11 is 0. The van der Waals surface area contributed by atoms with E-state index in [9.17, 15) is 19.2 Å². The van der Waals surface area contributed by atoms with Gasteiger partial charge in [-0.15, -0.1) is 0 Å². The van der Waals surface area contributed by atoms with Crippen LogP contribution in [0.3, 0.4) is 0 Å². The van der Waals surface area contributed by atoms with Crippen molar-refractivity contribution in [3.63, 3.8) is 0 Å². The molecule has 2 rings (SSSR count). The Morgan fingerprint density at radius 1 is 1.20 bits per heavy atom. The number of aromatic nitrogens is 2. The summed E-state index contributed by atoms with van der Waals surface area (Å²) in [5, 5.41) is 2.70. The predicted molar refractivity (Wildman–Crippen MR) is 118 cm³/mol. The number of nitrogens with two attached hydrogens (primary N) is 1. The van der Waals surface area contributed by atoms with Crippen LogP contribution in [0.1, 0.15) is 56.0 Å². The quantitative estimate of drug-likeness (QED) is 0.609. The van der Waals surface area contributed by atoms with Crippen molar-refractivity contribution in [3.8, 4) is 0 Å². The van der Waals surface area contributed by atoms with E-state index < -0.39 is 17.2 Å². The van der Waals surface area contributed by atoms with Gasteiger partial charge in [-0.3, -0.25) is 23.9 Å². The molecule has 0 saturated carbocycles. The molecule has 0 radical (unpaired) electrons. The van der Waals surface area contributed by atoms with Crippen molar-refractivity contribution in [1.82, 2.24) is 9.55 Å². The number of nitrogens with one attached hydrogen (secondary N) is 2. The number of hydrogen-bond donors (Lipinski definition) is 3. The zero-order chi connectivity index (χ0) is 22.4. The molecule has 0 spiro atoms. The van der Waals surface area contributed by atoms with Crippen molar-refractivity contribution in [2.75, 3.05) is 22.5 Å². The normalized spacial score (nSPS) is 10.7. The van der Waals surface area contributed by atoms with Crippen LogP contribution >= 0.6 is 0 Å². The maximum absolute atomic E-state index is 13.4. The summed E-state index contributed by atoms with van der Waals surface area (Å²) in [5.74, 6) is -0.726. The average Bonchev–Trinajstić information content (AvgIpc) is 2.68. The van der Waals surface area contributed by atoms with E-state index in [2.05, 4.69) is 10.3 Å². The molecular weight excluding hydrogens is 386 g/mol. The number of amides is 2. The fraction of sp³-hybridized carbons (Fsp3) is 0.429. The zero-order valence-electron chi connectivity index (χ0n) is 17.9. The van der Waals surface area contributed by atoms with Gasteiger partial charge in [-0.1, -0.05) is 26.3 Å². The molecule has 0 aliphatic rings. The van der Waals surface area contributed by atoms with Gasteiger partial charge in [-0.05, 0) is 37.5 Å². The van der Waals surface area contributed by atoms with Crippen LogP contribution in [0.2, 0.25) is 0 Å². The summed E-state index contributed by atoms with van der Waals surface area (Å²) in [5.41, 5.74) is 6.44. The van der Waals surface area contributed by atoms with Crippen LogP contribution < -0.4 is 27.2 Å². The molecule has 0 atom stereocenters. The van der Waals surface area contributed by atoms with Crippen LogP contribution in [0.4, 0.5) is 17.2 Å². The number of nitrogens with zero attached hydrogens (tertiary/aromatic N) is 2. The van der Waals surface area contributed by atoms with Crippen molar-refractivity contribution in [2.45, 2.75) is 53.5 Å². The Hall–Kier alpha value is -3.36. The van der Waals surface area contributed by atoms with Gasteiger partial charge in [0, 0.05) is 31.3 Å². The molecule has 0 bridgehead atoms. The molecule has 1 heterocycles. The number of H-pyrrole nitrogens is 1. The van der Waals surface area contributed by atoms with Crippen LogP contribution in [-0.2, 0) is 11.3 Å². The Bertz CT molecular complexity index is 1050. The topological polar surface area (TPSA) is 130 Å². The van der Waals surface area contributed by atoms with Gasteiger partial charge < -0.3 is 16.0 Å². The summed E-state index contributed by atoms with van der Waals surface area (Å²) in [6.45, 7) is 7.63. The molecule has 9 nitrogen and oxygen atoms in total. The number of hydrogen-bond acceptors (Lipinski definition) is 5. The van der Waals surface area contributed by atoms with Gasteiger partial charge in [0.05, 0.1) is 0 Å². The van der Waals surface area contributed by atoms with Gasteiger partial charge in [0.2, 0.25) is 5.91 Å². The first kappa shape index (κ1) is 22.9. The lowest BCUT2D eigenvalue weighted by atomic mass is 10.1. The van der Waals surface area contributed by atoms with Crippen LogP contribution in [-0.4, -0.2) is 27.9 Å². The minimum atomic E-state index is -0.705. The highest BCUT2D eigenvalue weighted by Crippen LogP contribution is 2.23. The number of aromatic amines is 1. The maximum Gasteiger partial charge on any atom is 0.330 e. The minimum Gasteiger partial charge on any atom is -0.383 e. The monoisotopic (exact) mass is 415 g/mol. The van der Waals surface area contributed by atoms with E-state index in [0.717, 1.165) is 12.0 Å². The lowest BCUT2D eigenvalue weighted by molar-refractivity contribution is -0.114. The third kappa shape index (κ3) is 4.97. The number of anilines is 3. The number of unbranched alkanes of at least 4 members (excludes halogenated alkanes) is 1. The van der Waals surface area contributed by atoms with Crippen molar-refractivity contribution in [3.05, 3.63) is 50.2 Å². The second kappa shape index (κ2) is 9.91. The molecule has 1 aromatic carbocycles. The molecule has 2 aromatic rings.